The van der Waals surface area contributed by atoms with Gasteiger partial charge in [-0.1, -0.05) is 0 Å². The van der Waals surface area contributed by atoms with E-state index < -0.39 is 0 Å². The largest absolute Gasteiger partial charge is 0.397 e. The van der Waals surface area contributed by atoms with E-state index in [9.17, 15) is 5.11 Å². The van der Waals surface area contributed by atoms with Crippen molar-refractivity contribution in [2.45, 2.75) is 12.8 Å². The number of benzene rings is 1. The van der Waals surface area contributed by atoms with E-state index in [4.69, 9.17) is 5.73 Å². The molecule has 4 N–H and O–H groups in total. The molecule has 3 nitrogen and oxygen atoms in total. The van der Waals surface area contributed by atoms with Crippen molar-refractivity contribution >= 4 is 34.0 Å². The second-order valence-corrected chi connectivity index (χ2v) is 5.49. The van der Waals surface area contributed by atoms with Crippen LogP contribution in [0.15, 0.2) is 18.2 Å². The first-order chi connectivity index (χ1) is 7.15. The Hall–Kier alpha value is -0.490. The summed E-state index contributed by atoms with van der Waals surface area (Å²) < 4.78 is 1.14. The van der Waals surface area contributed by atoms with Crippen LogP contribution in [0.1, 0.15) is 12.8 Å². The normalized spacial score (nSPS) is 17.5. The maximum absolute atomic E-state index is 9.18. The van der Waals surface area contributed by atoms with Crippen molar-refractivity contribution in [3.8, 4) is 0 Å². The molecular formula is C11H15IN2O. The topological polar surface area (TPSA) is 58.3 Å². The van der Waals surface area contributed by atoms with Crippen molar-refractivity contribution in [1.82, 2.24) is 0 Å². The number of anilines is 2. The smallest absolute Gasteiger partial charge is 0.0574 e. The van der Waals surface area contributed by atoms with Crippen molar-refractivity contribution in [3.05, 3.63) is 21.8 Å². The van der Waals surface area contributed by atoms with E-state index in [1.165, 1.54) is 0 Å². The number of nitrogen functional groups attached to an aromatic ring is 1. The van der Waals surface area contributed by atoms with Gasteiger partial charge in [0.25, 0.3) is 0 Å². The van der Waals surface area contributed by atoms with Crippen molar-refractivity contribution in [1.29, 1.82) is 0 Å². The van der Waals surface area contributed by atoms with Crippen LogP contribution in [0.25, 0.3) is 0 Å². The third-order valence-corrected chi connectivity index (χ3v) is 3.63. The van der Waals surface area contributed by atoms with E-state index in [1.807, 2.05) is 18.2 Å². The summed E-state index contributed by atoms with van der Waals surface area (Å²) in [7, 11) is 0. The molecule has 1 aromatic rings. The Morgan fingerprint density at radius 2 is 2.20 bits per heavy atom. The predicted octanol–water partition coefficient (Wildman–Crippen LogP) is 2.06. The van der Waals surface area contributed by atoms with Gasteiger partial charge in [0.15, 0.2) is 0 Å². The molecular weight excluding hydrogens is 303 g/mol. The molecule has 0 aliphatic heterocycles. The summed E-state index contributed by atoms with van der Waals surface area (Å²) in [5, 5.41) is 12.5. The van der Waals surface area contributed by atoms with Crippen molar-refractivity contribution in [3.63, 3.8) is 0 Å². The maximum atomic E-state index is 9.18. The number of aliphatic hydroxyl groups is 1. The summed E-state index contributed by atoms with van der Waals surface area (Å²) in [6.45, 7) is 1.08. The zero-order valence-corrected chi connectivity index (χ0v) is 10.6. The SMILES string of the molecule is Nc1cc(I)ccc1NCC1(CO)CC1. The Balaban J connectivity index is 1.99. The van der Waals surface area contributed by atoms with Gasteiger partial charge in [-0.25, -0.2) is 0 Å². The summed E-state index contributed by atoms with van der Waals surface area (Å²) in [6.07, 6.45) is 2.22. The third kappa shape index (κ3) is 2.55. The highest BCUT2D eigenvalue weighted by molar-refractivity contribution is 14.1. The molecule has 0 radical (unpaired) electrons. The minimum absolute atomic E-state index is 0.120. The van der Waals surface area contributed by atoms with Gasteiger partial charge in [0.05, 0.1) is 18.0 Å². The number of hydrogen-bond donors (Lipinski definition) is 3. The molecule has 0 aromatic heterocycles. The lowest BCUT2D eigenvalue weighted by Gasteiger charge is -2.15. The van der Waals surface area contributed by atoms with Crippen LogP contribution in [0.5, 0.6) is 0 Å². The molecule has 0 bridgehead atoms. The van der Waals surface area contributed by atoms with E-state index >= 15 is 0 Å². The van der Waals surface area contributed by atoms with Crippen molar-refractivity contribution in [2.24, 2.45) is 5.41 Å². The molecule has 2 rings (SSSR count). The highest BCUT2D eigenvalue weighted by atomic mass is 127. The highest BCUT2D eigenvalue weighted by Gasteiger charge is 2.41. The molecule has 1 aliphatic carbocycles. The van der Waals surface area contributed by atoms with Gasteiger partial charge < -0.3 is 16.2 Å². The monoisotopic (exact) mass is 318 g/mol. The molecule has 1 aromatic carbocycles. The van der Waals surface area contributed by atoms with Crippen LogP contribution in [-0.4, -0.2) is 18.3 Å². The fourth-order valence-corrected chi connectivity index (χ4v) is 2.06. The fourth-order valence-electron chi connectivity index (χ4n) is 1.54. The molecule has 1 saturated carbocycles. The van der Waals surface area contributed by atoms with Gasteiger partial charge in [-0.05, 0) is 53.6 Å². The van der Waals surface area contributed by atoms with Crippen LogP contribution in [-0.2, 0) is 0 Å². The molecule has 0 unspecified atom stereocenters. The summed E-state index contributed by atoms with van der Waals surface area (Å²) in [6, 6.07) is 5.96. The summed E-state index contributed by atoms with van der Waals surface area (Å²) in [4.78, 5) is 0. The van der Waals surface area contributed by atoms with Gasteiger partial charge in [0, 0.05) is 15.5 Å². The number of nitrogens with one attached hydrogen (secondary N) is 1. The van der Waals surface area contributed by atoms with E-state index in [-0.39, 0.29) is 12.0 Å². The second kappa shape index (κ2) is 4.17. The van der Waals surface area contributed by atoms with Gasteiger partial charge in [-0.2, -0.15) is 0 Å². The van der Waals surface area contributed by atoms with Crippen LogP contribution in [0.3, 0.4) is 0 Å². The first kappa shape index (κ1) is 11.0. The summed E-state index contributed by atoms with van der Waals surface area (Å²) >= 11 is 2.24. The quantitative estimate of drug-likeness (QED) is 0.588. The number of halogens is 1. The zero-order chi connectivity index (χ0) is 10.9. The molecule has 1 aliphatic rings. The van der Waals surface area contributed by atoms with Crippen molar-refractivity contribution < 1.29 is 5.11 Å². The maximum Gasteiger partial charge on any atom is 0.0574 e. The van der Waals surface area contributed by atoms with Crippen LogP contribution in [0.4, 0.5) is 11.4 Å². The molecule has 15 heavy (non-hydrogen) atoms. The molecule has 0 amide bonds. The predicted molar refractivity (Wildman–Crippen MR) is 70.8 cm³/mol. The van der Waals surface area contributed by atoms with E-state index in [1.54, 1.807) is 0 Å². The van der Waals surface area contributed by atoms with Crippen LogP contribution >= 0.6 is 22.6 Å². The molecule has 0 heterocycles. The molecule has 82 valence electrons. The van der Waals surface area contributed by atoms with Crippen LogP contribution in [0.2, 0.25) is 0 Å². The second-order valence-electron chi connectivity index (χ2n) is 4.24. The lowest BCUT2D eigenvalue weighted by atomic mass is 10.1. The van der Waals surface area contributed by atoms with E-state index in [2.05, 4.69) is 27.9 Å². The number of nitrogens with two attached hydrogens (primary N) is 1. The zero-order valence-electron chi connectivity index (χ0n) is 8.46. The van der Waals surface area contributed by atoms with Crippen LogP contribution < -0.4 is 11.1 Å². The van der Waals surface area contributed by atoms with E-state index in [0.717, 1.165) is 34.3 Å². The Labute approximate surface area is 103 Å². The average molecular weight is 318 g/mol. The van der Waals surface area contributed by atoms with Gasteiger partial charge in [-0.15, -0.1) is 0 Å². The average Bonchev–Trinajstić information content (AvgIpc) is 2.97. The minimum atomic E-state index is 0.120. The number of aliphatic hydroxyl groups excluding tert-OH is 1. The Morgan fingerprint density at radius 3 is 2.73 bits per heavy atom. The number of rotatable bonds is 4. The molecule has 4 heteroatoms. The van der Waals surface area contributed by atoms with Gasteiger partial charge in [0.1, 0.15) is 0 Å². The molecule has 0 spiro atoms. The Morgan fingerprint density at radius 1 is 1.47 bits per heavy atom. The van der Waals surface area contributed by atoms with E-state index in [0.29, 0.717) is 0 Å². The summed E-state index contributed by atoms with van der Waals surface area (Å²) in [5.41, 5.74) is 7.74. The fraction of sp³-hybridized carbons (Fsp3) is 0.455. The van der Waals surface area contributed by atoms with Crippen molar-refractivity contribution in [2.75, 3.05) is 24.2 Å². The van der Waals surface area contributed by atoms with Gasteiger partial charge in [-0.3, -0.25) is 0 Å². The van der Waals surface area contributed by atoms with Gasteiger partial charge >= 0.3 is 0 Å². The standard InChI is InChI=1S/C11H15IN2O/c12-8-1-2-10(9(13)5-8)14-6-11(7-15)3-4-11/h1-2,5,14-15H,3-4,6-7,13H2. The Kier molecular flexibility index (Phi) is 3.06. The third-order valence-electron chi connectivity index (χ3n) is 2.96. The summed E-state index contributed by atoms with van der Waals surface area (Å²) in [5.74, 6) is 0. The first-order valence-electron chi connectivity index (χ1n) is 5.05. The molecule has 1 fully saturated rings. The number of hydrogen-bond acceptors (Lipinski definition) is 3. The molecule has 0 saturated heterocycles. The van der Waals surface area contributed by atoms with Gasteiger partial charge in [0.2, 0.25) is 0 Å². The lowest BCUT2D eigenvalue weighted by Crippen LogP contribution is -2.19. The first-order valence-corrected chi connectivity index (χ1v) is 6.13. The minimum Gasteiger partial charge on any atom is -0.397 e. The Bertz CT molecular complexity index is 364. The lowest BCUT2D eigenvalue weighted by molar-refractivity contribution is 0.220. The highest BCUT2D eigenvalue weighted by Crippen LogP contribution is 2.45. The van der Waals surface area contributed by atoms with Crippen LogP contribution in [0, 0.1) is 8.99 Å². The molecule has 0 atom stereocenters.